The van der Waals surface area contributed by atoms with Gasteiger partial charge in [-0.25, -0.2) is 9.53 Å². The lowest BCUT2D eigenvalue weighted by atomic mass is 10.3. The number of halogens is 15. The first-order valence-electron chi connectivity index (χ1n) is 6.42. The quantitative estimate of drug-likeness (QED) is 0.423. The molecule has 1 rings (SSSR count). The van der Waals surface area contributed by atoms with Gasteiger partial charge < -0.3 is 4.74 Å². The standard InChI is InChI=1S/C10H3F15O5/c1-3(6(16,17)18)28-9(23,24)10(25,29-3)30-8(21,22)5(14,15)7(19,20)27-2(26)4(11,12)13/h1H3. The second-order valence-corrected chi connectivity index (χ2v) is 5.30. The molecule has 20 heteroatoms. The summed E-state index contributed by atoms with van der Waals surface area (Å²) in [4.78, 5) is 10.1. The van der Waals surface area contributed by atoms with Crippen LogP contribution in [0.3, 0.4) is 0 Å². The zero-order valence-electron chi connectivity index (χ0n) is 13.2. The minimum atomic E-state index is -7.57. The highest BCUT2D eigenvalue weighted by Gasteiger charge is 2.84. The summed E-state index contributed by atoms with van der Waals surface area (Å²) in [5.41, 5.74) is 0. The summed E-state index contributed by atoms with van der Waals surface area (Å²) < 4.78 is 202. The normalized spacial score (nSPS) is 28.5. The average Bonchev–Trinajstić information content (AvgIpc) is 2.60. The average molecular weight is 488 g/mol. The van der Waals surface area contributed by atoms with Gasteiger partial charge in [-0.1, -0.05) is 0 Å². The SMILES string of the molecule is CC1(C(F)(F)F)OC(F)(F)C(F)(OC(F)(F)C(F)(F)C(F)(F)OC(=O)C(F)(F)F)O1. The minimum Gasteiger partial charge on any atom is -0.389 e. The molecule has 1 aliphatic rings. The number of ether oxygens (including phenoxy) is 4. The fourth-order valence-electron chi connectivity index (χ4n) is 1.47. The highest BCUT2D eigenvalue weighted by molar-refractivity contribution is 5.75. The number of rotatable bonds is 5. The summed E-state index contributed by atoms with van der Waals surface area (Å²) in [6, 6.07) is -6.34. The van der Waals surface area contributed by atoms with E-state index in [1.54, 1.807) is 0 Å². The van der Waals surface area contributed by atoms with Crippen LogP contribution in [0.2, 0.25) is 0 Å². The number of esters is 1. The first-order valence-corrected chi connectivity index (χ1v) is 6.42. The van der Waals surface area contributed by atoms with Gasteiger partial charge in [0.25, 0.3) is 5.79 Å². The monoisotopic (exact) mass is 488 g/mol. The molecule has 30 heavy (non-hydrogen) atoms. The Morgan fingerprint density at radius 3 is 1.53 bits per heavy atom. The molecule has 1 saturated heterocycles. The summed E-state index contributed by atoms with van der Waals surface area (Å²) in [6.07, 6.45) is -33.5. The Hall–Kier alpha value is -1.70. The van der Waals surface area contributed by atoms with Gasteiger partial charge in [0, 0.05) is 0 Å². The van der Waals surface area contributed by atoms with Gasteiger partial charge in [-0.2, -0.15) is 65.9 Å². The number of carbonyl (C=O) groups excluding carboxylic acids is 1. The van der Waals surface area contributed by atoms with Gasteiger partial charge in [0.05, 0.1) is 0 Å². The summed E-state index contributed by atoms with van der Waals surface area (Å²) >= 11 is 0. The largest absolute Gasteiger partial charge is 0.491 e. The van der Waals surface area contributed by atoms with Gasteiger partial charge in [-0.05, 0) is 6.92 Å². The first-order chi connectivity index (χ1) is 12.7. The van der Waals surface area contributed by atoms with E-state index in [9.17, 15) is 70.7 Å². The highest BCUT2D eigenvalue weighted by atomic mass is 19.4. The van der Waals surface area contributed by atoms with Gasteiger partial charge in [-0.15, -0.1) is 0 Å². The van der Waals surface area contributed by atoms with E-state index in [1.165, 1.54) is 0 Å². The van der Waals surface area contributed by atoms with Crippen LogP contribution in [-0.4, -0.2) is 54.4 Å². The van der Waals surface area contributed by atoms with Crippen molar-refractivity contribution in [3.8, 4) is 0 Å². The molecular weight excluding hydrogens is 485 g/mol. The Morgan fingerprint density at radius 1 is 0.767 bits per heavy atom. The molecule has 0 saturated carbocycles. The van der Waals surface area contributed by atoms with Crippen LogP contribution in [0.5, 0.6) is 0 Å². The molecular formula is C10H3F15O5. The van der Waals surface area contributed by atoms with Crippen LogP contribution in [0.4, 0.5) is 65.9 Å². The lowest BCUT2D eigenvalue weighted by molar-refractivity contribution is -0.521. The number of alkyl halides is 15. The van der Waals surface area contributed by atoms with E-state index in [-0.39, 0.29) is 0 Å². The van der Waals surface area contributed by atoms with E-state index in [0.717, 1.165) is 0 Å². The Bertz CT molecular complexity index is 684. The molecule has 0 radical (unpaired) electrons. The molecule has 1 heterocycles. The fraction of sp³-hybridized carbons (Fsp3) is 0.900. The van der Waals surface area contributed by atoms with Crippen LogP contribution in [-0.2, 0) is 23.7 Å². The third-order valence-corrected chi connectivity index (χ3v) is 2.95. The van der Waals surface area contributed by atoms with E-state index < -0.39 is 61.3 Å². The lowest BCUT2D eigenvalue weighted by Gasteiger charge is -2.34. The van der Waals surface area contributed by atoms with Crippen molar-refractivity contribution in [3.05, 3.63) is 0 Å². The van der Waals surface area contributed by atoms with Gasteiger partial charge in [-0.3, -0.25) is 9.47 Å². The molecule has 0 amide bonds. The molecule has 2 atom stereocenters. The molecule has 0 N–H and O–H groups in total. The molecule has 178 valence electrons. The van der Waals surface area contributed by atoms with E-state index in [4.69, 9.17) is 0 Å². The maximum absolute atomic E-state index is 13.8. The number of hydrogen-bond acceptors (Lipinski definition) is 5. The van der Waals surface area contributed by atoms with Crippen LogP contribution in [0.1, 0.15) is 6.92 Å². The highest BCUT2D eigenvalue weighted by Crippen LogP contribution is 2.57. The van der Waals surface area contributed by atoms with Crippen molar-refractivity contribution in [2.75, 3.05) is 0 Å². The van der Waals surface area contributed by atoms with E-state index >= 15 is 0 Å². The summed E-state index contributed by atoms with van der Waals surface area (Å²) in [6.45, 7) is -0.582. The van der Waals surface area contributed by atoms with Crippen molar-refractivity contribution in [1.29, 1.82) is 0 Å². The van der Waals surface area contributed by atoms with E-state index in [2.05, 4.69) is 9.47 Å². The number of hydrogen-bond donors (Lipinski definition) is 0. The van der Waals surface area contributed by atoms with Crippen molar-refractivity contribution in [2.24, 2.45) is 0 Å². The van der Waals surface area contributed by atoms with Crippen molar-refractivity contribution in [3.63, 3.8) is 0 Å². The minimum absolute atomic E-state index is 0.582. The molecule has 0 aromatic carbocycles. The fourth-order valence-corrected chi connectivity index (χ4v) is 1.47. The lowest BCUT2D eigenvalue weighted by Crippen LogP contribution is -2.62. The van der Waals surface area contributed by atoms with Crippen molar-refractivity contribution < 1.29 is 89.6 Å². The molecule has 0 aliphatic carbocycles. The molecule has 1 aliphatic heterocycles. The zero-order chi connectivity index (χ0) is 24.4. The topological polar surface area (TPSA) is 54.0 Å². The van der Waals surface area contributed by atoms with Crippen LogP contribution in [0, 0.1) is 0 Å². The first kappa shape index (κ1) is 26.3. The van der Waals surface area contributed by atoms with Gasteiger partial charge in [0.15, 0.2) is 0 Å². The van der Waals surface area contributed by atoms with E-state index in [0.29, 0.717) is 0 Å². The summed E-state index contributed by atoms with van der Waals surface area (Å²) in [7, 11) is 0. The van der Waals surface area contributed by atoms with Crippen LogP contribution >= 0.6 is 0 Å². The molecule has 0 bridgehead atoms. The Kier molecular flexibility index (Phi) is 5.83. The summed E-state index contributed by atoms with van der Waals surface area (Å²) in [5.74, 6) is -16.6. The molecule has 0 aromatic rings. The van der Waals surface area contributed by atoms with Crippen LogP contribution in [0.15, 0.2) is 0 Å². The Balaban J connectivity index is 3.29. The second kappa shape index (κ2) is 6.65. The van der Waals surface area contributed by atoms with Gasteiger partial charge >= 0.3 is 48.6 Å². The molecule has 0 spiro atoms. The Labute approximate surface area is 152 Å². The molecule has 1 fully saturated rings. The summed E-state index contributed by atoms with van der Waals surface area (Å²) in [5, 5.41) is 0. The van der Waals surface area contributed by atoms with Gasteiger partial charge in [0.1, 0.15) is 0 Å². The van der Waals surface area contributed by atoms with Crippen molar-refractivity contribution >= 4 is 5.97 Å². The maximum Gasteiger partial charge on any atom is 0.491 e. The third kappa shape index (κ3) is 4.20. The van der Waals surface area contributed by atoms with Crippen molar-refractivity contribution in [1.82, 2.24) is 0 Å². The predicted octanol–water partition coefficient (Wildman–Crippen LogP) is 4.47. The van der Waals surface area contributed by atoms with Gasteiger partial charge in [0.2, 0.25) is 0 Å². The van der Waals surface area contributed by atoms with E-state index in [1.807, 2.05) is 9.47 Å². The van der Waals surface area contributed by atoms with Crippen LogP contribution < -0.4 is 0 Å². The predicted molar refractivity (Wildman–Crippen MR) is 53.5 cm³/mol. The van der Waals surface area contributed by atoms with Crippen molar-refractivity contribution in [2.45, 2.75) is 55.4 Å². The number of carbonyl (C=O) groups is 1. The smallest absolute Gasteiger partial charge is 0.389 e. The maximum atomic E-state index is 13.8. The molecule has 5 nitrogen and oxygen atoms in total. The molecule has 0 aromatic heterocycles. The van der Waals surface area contributed by atoms with Crippen LogP contribution in [0.25, 0.3) is 0 Å². The Morgan fingerprint density at radius 2 is 1.20 bits per heavy atom. The second-order valence-electron chi connectivity index (χ2n) is 5.30. The zero-order valence-corrected chi connectivity index (χ0v) is 13.2. The molecule has 2 unspecified atom stereocenters. The third-order valence-electron chi connectivity index (χ3n) is 2.95.